The van der Waals surface area contributed by atoms with Gasteiger partial charge in [-0.05, 0) is 18.2 Å². The van der Waals surface area contributed by atoms with Crippen LogP contribution in [-0.4, -0.2) is 14.3 Å². The third kappa shape index (κ3) is 3.19. The molecule has 2 N–H and O–H groups in total. The molecule has 0 unspecified atom stereocenters. The van der Waals surface area contributed by atoms with Gasteiger partial charge in [0.05, 0.1) is 4.90 Å². The Kier molecular flexibility index (Phi) is 3.59. The van der Waals surface area contributed by atoms with Gasteiger partial charge in [0.2, 0.25) is 0 Å². The van der Waals surface area contributed by atoms with Crippen molar-refractivity contribution in [1.29, 1.82) is 0 Å². The molecule has 0 atom stereocenters. The van der Waals surface area contributed by atoms with Crippen molar-refractivity contribution in [2.75, 3.05) is 0 Å². The van der Waals surface area contributed by atoms with Gasteiger partial charge in [-0.2, -0.15) is 0 Å². The van der Waals surface area contributed by atoms with Crippen LogP contribution in [0.5, 0.6) is 0 Å². The fourth-order valence-corrected chi connectivity index (χ4v) is 1.70. The summed E-state index contributed by atoms with van der Waals surface area (Å²) in [4.78, 5) is 12.7. The smallest absolute Gasteiger partial charge is 0.258 e. The van der Waals surface area contributed by atoms with Gasteiger partial charge in [-0.3, -0.25) is 10.2 Å². The van der Waals surface area contributed by atoms with Gasteiger partial charge in [0.15, 0.2) is 0 Å². The van der Waals surface area contributed by atoms with Crippen LogP contribution in [0, 0.1) is 0 Å². The van der Waals surface area contributed by atoms with Crippen molar-refractivity contribution in [2.24, 2.45) is 0 Å². The van der Waals surface area contributed by atoms with E-state index in [-0.39, 0.29) is 4.90 Å². The highest BCUT2D eigenvalue weighted by molar-refractivity contribution is 7.89. The summed E-state index contributed by atoms with van der Waals surface area (Å²) in [5, 5.41) is 0. The average Bonchev–Trinajstić information content (AvgIpc) is 2.27. The number of nitrogens with one attached hydrogen (secondary N) is 2. The first-order chi connectivity index (χ1) is 7.06. The predicted octanol–water partition coefficient (Wildman–Crippen LogP) is 0.182. The van der Waals surface area contributed by atoms with E-state index in [1.807, 2.05) is 10.3 Å². The van der Waals surface area contributed by atoms with Gasteiger partial charge in [-0.25, -0.2) is 8.42 Å². The molecule has 0 aliphatic heterocycles. The number of rotatable bonds is 4. The molecule has 0 aliphatic rings. The molecule has 5 nitrogen and oxygen atoms in total. The fourth-order valence-electron chi connectivity index (χ4n) is 0.827. The predicted molar refractivity (Wildman–Crippen MR) is 55.1 cm³/mol. The zero-order chi connectivity index (χ0) is 11.3. The van der Waals surface area contributed by atoms with Gasteiger partial charge >= 0.3 is 0 Å². The molecule has 1 aromatic carbocycles. The van der Waals surface area contributed by atoms with Gasteiger partial charge in [-0.1, -0.05) is 24.8 Å². The molecule has 1 aromatic rings. The zero-order valence-corrected chi connectivity index (χ0v) is 8.62. The molecule has 0 bridgehead atoms. The van der Waals surface area contributed by atoms with E-state index in [0.29, 0.717) is 0 Å². The number of hydrazine groups is 1. The maximum atomic E-state index is 11.5. The molecule has 1 amide bonds. The third-order valence-corrected chi connectivity index (χ3v) is 2.81. The zero-order valence-electron chi connectivity index (χ0n) is 7.80. The van der Waals surface area contributed by atoms with Crippen molar-refractivity contribution < 1.29 is 13.2 Å². The lowest BCUT2D eigenvalue weighted by Crippen LogP contribution is -2.40. The van der Waals surface area contributed by atoms with Crippen molar-refractivity contribution in [3.8, 4) is 0 Å². The molecule has 0 saturated carbocycles. The van der Waals surface area contributed by atoms with E-state index < -0.39 is 15.9 Å². The maximum absolute atomic E-state index is 11.5. The second kappa shape index (κ2) is 4.72. The first-order valence-corrected chi connectivity index (χ1v) is 5.54. The summed E-state index contributed by atoms with van der Waals surface area (Å²) in [6, 6.07) is 7.71. The molecule has 0 aromatic heterocycles. The highest BCUT2D eigenvalue weighted by Gasteiger charge is 2.12. The van der Waals surface area contributed by atoms with Gasteiger partial charge < -0.3 is 0 Å². The molecule has 6 heteroatoms. The molecule has 0 spiro atoms. The molecule has 1 rings (SSSR count). The molecule has 80 valence electrons. The molecule has 0 aliphatic carbocycles. The summed E-state index contributed by atoms with van der Waals surface area (Å²) >= 11 is 0. The lowest BCUT2D eigenvalue weighted by Gasteiger charge is -2.05. The molecule has 0 fully saturated rings. The van der Waals surface area contributed by atoms with Crippen LogP contribution in [0.3, 0.4) is 0 Å². The number of carbonyl (C=O) groups is 1. The van der Waals surface area contributed by atoms with E-state index in [1.165, 1.54) is 12.1 Å². The Bertz CT molecular complexity index is 454. The third-order valence-electron chi connectivity index (χ3n) is 1.55. The van der Waals surface area contributed by atoms with Gasteiger partial charge in [0.1, 0.15) is 0 Å². The fraction of sp³-hybridized carbons (Fsp3) is 0. The minimum Gasteiger partial charge on any atom is -0.274 e. The normalized spacial score (nSPS) is 10.7. The minimum absolute atomic E-state index is 0.0781. The van der Waals surface area contributed by atoms with Crippen LogP contribution in [-0.2, 0) is 14.8 Å². The van der Waals surface area contributed by atoms with E-state index in [9.17, 15) is 13.2 Å². The van der Waals surface area contributed by atoms with E-state index >= 15 is 0 Å². The summed E-state index contributed by atoms with van der Waals surface area (Å²) in [6.45, 7) is 3.19. The van der Waals surface area contributed by atoms with Crippen LogP contribution in [0.1, 0.15) is 0 Å². The summed E-state index contributed by atoms with van der Waals surface area (Å²) in [5.41, 5.74) is 1.98. The summed E-state index contributed by atoms with van der Waals surface area (Å²) in [7, 11) is -3.70. The highest BCUT2D eigenvalue weighted by atomic mass is 32.2. The van der Waals surface area contributed by atoms with Crippen molar-refractivity contribution >= 4 is 15.9 Å². The van der Waals surface area contributed by atoms with Crippen molar-refractivity contribution in [3.05, 3.63) is 43.0 Å². The molecule has 0 radical (unpaired) electrons. The van der Waals surface area contributed by atoms with Crippen LogP contribution in [0.25, 0.3) is 0 Å². The quantitative estimate of drug-likeness (QED) is 0.568. The number of amides is 1. The molecular formula is C9H10N2O3S. The average molecular weight is 226 g/mol. The largest absolute Gasteiger partial charge is 0.274 e. The number of hydrogen-bond donors (Lipinski definition) is 2. The summed E-state index contributed by atoms with van der Waals surface area (Å²) in [6.07, 6.45) is 0.966. The van der Waals surface area contributed by atoms with E-state index in [2.05, 4.69) is 6.58 Å². The second-order valence-corrected chi connectivity index (χ2v) is 4.29. The Morgan fingerprint density at radius 3 is 2.40 bits per heavy atom. The summed E-state index contributed by atoms with van der Waals surface area (Å²) in [5.74, 6) is -0.616. The molecule has 0 heterocycles. The van der Waals surface area contributed by atoms with Gasteiger partial charge in [-0.15, -0.1) is 4.83 Å². The van der Waals surface area contributed by atoms with Crippen LogP contribution in [0.4, 0.5) is 0 Å². The van der Waals surface area contributed by atoms with E-state index in [1.54, 1.807) is 18.2 Å². The minimum atomic E-state index is -3.70. The first-order valence-electron chi connectivity index (χ1n) is 4.05. The van der Waals surface area contributed by atoms with E-state index in [4.69, 9.17) is 0 Å². The Hall–Kier alpha value is -1.66. The van der Waals surface area contributed by atoms with Crippen molar-refractivity contribution in [1.82, 2.24) is 10.3 Å². The Morgan fingerprint density at radius 1 is 1.27 bits per heavy atom. The topological polar surface area (TPSA) is 75.3 Å². The lowest BCUT2D eigenvalue weighted by molar-refractivity contribution is -0.116. The van der Waals surface area contributed by atoms with Crippen LogP contribution < -0.4 is 10.3 Å². The Labute approximate surface area is 87.8 Å². The maximum Gasteiger partial charge on any atom is 0.258 e. The van der Waals surface area contributed by atoms with Crippen LogP contribution in [0.2, 0.25) is 0 Å². The van der Waals surface area contributed by atoms with Gasteiger partial charge in [0.25, 0.3) is 15.9 Å². The van der Waals surface area contributed by atoms with Crippen LogP contribution in [0.15, 0.2) is 47.9 Å². The lowest BCUT2D eigenvalue weighted by atomic mass is 10.4. The van der Waals surface area contributed by atoms with Crippen molar-refractivity contribution in [2.45, 2.75) is 4.90 Å². The van der Waals surface area contributed by atoms with Crippen LogP contribution >= 0.6 is 0 Å². The molecule has 15 heavy (non-hydrogen) atoms. The second-order valence-electron chi connectivity index (χ2n) is 2.61. The van der Waals surface area contributed by atoms with Gasteiger partial charge in [0, 0.05) is 0 Å². The number of sulfonamides is 1. The standard InChI is InChI=1S/C9H10N2O3S/c1-2-9(12)10-11-15(13,14)8-6-4-3-5-7-8/h2-7,11H,1H2,(H,10,12). The first kappa shape index (κ1) is 11.4. The van der Waals surface area contributed by atoms with Crippen molar-refractivity contribution in [3.63, 3.8) is 0 Å². The molecular weight excluding hydrogens is 216 g/mol. The Morgan fingerprint density at radius 2 is 1.87 bits per heavy atom. The summed E-state index contributed by atoms with van der Waals surface area (Å²) < 4.78 is 23.0. The number of hydrogen-bond acceptors (Lipinski definition) is 3. The molecule has 0 saturated heterocycles. The highest BCUT2D eigenvalue weighted by Crippen LogP contribution is 2.05. The number of benzene rings is 1. The van der Waals surface area contributed by atoms with E-state index in [0.717, 1.165) is 6.08 Å². The monoisotopic (exact) mass is 226 g/mol. The SMILES string of the molecule is C=CC(=O)NNS(=O)(=O)c1ccccc1. The Balaban J connectivity index is 2.77. The number of carbonyl (C=O) groups excluding carboxylic acids is 1.